The Morgan fingerprint density at radius 1 is 1.18 bits per heavy atom. The van der Waals surface area contributed by atoms with E-state index in [1.165, 1.54) is 59.2 Å². The summed E-state index contributed by atoms with van der Waals surface area (Å²) in [5.74, 6) is -0.884. The van der Waals surface area contributed by atoms with Gasteiger partial charge in [-0.05, 0) is 31.1 Å². The largest absolute Gasteiger partial charge is 0.436 e. The summed E-state index contributed by atoms with van der Waals surface area (Å²) in [4.78, 5) is 60.9. The van der Waals surface area contributed by atoms with E-state index < -0.39 is 29.5 Å². The third-order valence-corrected chi connectivity index (χ3v) is 5.60. The molecule has 1 atom stereocenters. The second kappa shape index (κ2) is 12.1. The molecule has 1 unspecified atom stereocenters. The molecule has 0 saturated heterocycles. The zero-order valence-corrected chi connectivity index (χ0v) is 21.8. The summed E-state index contributed by atoms with van der Waals surface area (Å²) in [7, 11) is 7.91. The zero-order valence-electron chi connectivity index (χ0n) is 21.8. The molecule has 3 amide bonds. The minimum atomic E-state index is -1.23. The number of anilines is 1. The number of nitrogens with zero attached hydrogens (tertiary/aromatic N) is 6. The van der Waals surface area contributed by atoms with Crippen LogP contribution in [0.3, 0.4) is 0 Å². The van der Waals surface area contributed by atoms with Gasteiger partial charge in [-0.25, -0.2) is 19.2 Å². The molecule has 2 aromatic heterocycles. The lowest BCUT2D eigenvalue weighted by Gasteiger charge is -2.19. The van der Waals surface area contributed by atoms with Crippen molar-refractivity contribution in [3.8, 4) is 0 Å². The van der Waals surface area contributed by atoms with Gasteiger partial charge in [-0.2, -0.15) is 0 Å². The number of halogens is 1. The summed E-state index contributed by atoms with van der Waals surface area (Å²) in [6, 6.07) is 4.23. The first-order valence-electron chi connectivity index (χ1n) is 11.7. The van der Waals surface area contributed by atoms with Crippen molar-refractivity contribution in [1.82, 2.24) is 28.9 Å². The van der Waals surface area contributed by atoms with Crippen molar-refractivity contribution in [1.29, 1.82) is 0 Å². The minimum absolute atomic E-state index is 0.0199. The Balaban J connectivity index is 1.78. The molecule has 0 bridgehead atoms. The number of carbonyl (C=O) groups is 3. The Bertz CT molecular complexity index is 1430. The number of allylic oxidation sites excluding steroid dienone is 1. The molecule has 12 nitrogen and oxygen atoms in total. The molecule has 38 heavy (non-hydrogen) atoms. The van der Waals surface area contributed by atoms with E-state index in [1.807, 2.05) is 0 Å². The second-order valence-corrected chi connectivity index (χ2v) is 8.93. The fraction of sp³-hybridized carbons (Fsp3) is 0.360. The number of ether oxygens (including phenoxy) is 1. The number of benzene rings is 1. The van der Waals surface area contributed by atoms with E-state index in [-0.39, 0.29) is 31.0 Å². The van der Waals surface area contributed by atoms with Gasteiger partial charge in [0.1, 0.15) is 17.3 Å². The van der Waals surface area contributed by atoms with Crippen LogP contribution in [0.1, 0.15) is 18.7 Å². The zero-order chi connectivity index (χ0) is 28.0. The van der Waals surface area contributed by atoms with Gasteiger partial charge >= 0.3 is 6.09 Å². The van der Waals surface area contributed by atoms with Gasteiger partial charge in [0.25, 0.3) is 11.5 Å². The first kappa shape index (κ1) is 28.0. The number of carbonyl (C=O) groups excluding carboxylic acids is 3. The molecule has 0 fully saturated rings. The van der Waals surface area contributed by atoms with Gasteiger partial charge in [0.15, 0.2) is 6.10 Å². The van der Waals surface area contributed by atoms with Gasteiger partial charge < -0.3 is 24.4 Å². The molecular formula is C25H30FN7O5. The first-order chi connectivity index (χ1) is 18.0. The molecular weight excluding hydrogens is 497 g/mol. The smallest absolute Gasteiger partial charge is 0.410 e. The van der Waals surface area contributed by atoms with Crippen LogP contribution in [-0.4, -0.2) is 81.1 Å². The summed E-state index contributed by atoms with van der Waals surface area (Å²) in [6.07, 6.45) is 3.81. The highest BCUT2D eigenvalue weighted by molar-refractivity contribution is 5.95. The van der Waals surface area contributed by atoms with Gasteiger partial charge in [0.2, 0.25) is 5.91 Å². The molecule has 1 N–H and O–H groups in total. The Labute approximate surface area is 218 Å². The number of rotatable bonds is 9. The van der Waals surface area contributed by atoms with E-state index in [4.69, 9.17) is 4.74 Å². The molecule has 2 heterocycles. The molecule has 0 saturated carbocycles. The predicted molar refractivity (Wildman–Crippen MR) is 138 cm³/mol. The van der Waals surface area contributed by atoms with Gasteiger partial charge in [-0.1, -0.05) is 6.08 Å². The monoisotopic (exact) mass is 527 g/mol. The molecule has 0 aliphatic rings. The van der Waals surface area contributed by atoms with Crippen molar-refractivity contribution >= 4 is 34.6 Å². The number of hydrogen-bond donors (Lipinski definition) is 1. The van der Waals surface area contributed by atoms with E-state index >= 15 is 0 Å². The van der Waals surface area contributed by atoms with Crippen LogP contribution in [-0.2, 0) is 27.9 Å². The quantitative estimate of drug-likeness (QED) is 0.420. The highest BCUT2D eigenvalue weighted by Crippen LogP contribution is 2.17. The van der Waals surface area contributed by atoms with Crippen LogP contribution >= 0.6 is 0 Å². The lowest BCUT2D eigenvalue weighted by atomic mass is 10.1. The number of fused-ring (bicyclic) bond motifs is 1. The fourth-order valence-corrected chi connectivity index (χ4v) is 3.43. The van der Waals surface area contributed by atoms with Crippen molar-refractivity contribution in [2.45, 2.75) is 25.5 Å². The molecule has 3 aromatic rings. The summed E-state index contributed by atoms with van der Waals surface area (Å²) < 4.78 is 21.9. The van der Waals surface area contributed by atoms with Gasteiger partial charge in [-0.15, -0.1) is 0 Å². The van der Waals surface area contributed by atoms with E-state index in [1.54, 1.807) is 37.9 Å². The van der Waals surface area contributed by atoms with Crippen molar-refractivity contribution in [2.24, 2.45) is 7.05 Å². The van der Waals surface area contributed by atoms with Gasteiger partial charge in [-0.3, -0.25) is 19.0 Å². The Hall–Kier alpha value is -4.55. The van der Waals surface area contributed by atoms with Crippen LogP contribution in [0.5, 0.6) is 0 Å². The van der Waals surface area contributed by atoms with Crippen LogP contribution in [0.15, 0.2) is 47.7 Å². The number of aryl methyl sites for hydroxylation is 1. The fourth-order valence-electron chi connectivity index (χ4n) is 3.43. The third-order valence-electron chi connectivity index (χ3n) is 5.60. The number of amides is 3. The van der Waals surface area contributed by atoms with Gasteiger partial charge in [0, 0.05) is 41.3 Å². The number of imidazole rings is 1. The third kappa shape index (κ3) is 6.81. The molecule has 0 aliphatic heterocycles. The summed E-state index contributed by atoms with van der Waals surface area (Å²) >= 11 is 0. The maximum atomic E-state index is 13.6. The molecule has 1 aromatic carbocycles. The SMILES string of the molecule is CN(C)C(=O)C=CCCC(OC(=O)N(C)C)C(=O)Nc1cncn(Cc2nc3cc(F)ccc3n2C)c1=O. The first-order valence-corrected chi connectivity index (χ1v) is 11.7. The maximum Gasteiger partial charge on any atom is 0.410 e. The normalized spacial score (nSPS) is 11.9. The molecule has 0 spiro atoms. The Morgan fingerprint density at radius 3 is 2.61 bits per heavy atom. The Kier molecular flexibility index (Phi) is 8.94. The summed E-state index contributed by atoms with van der Waals surface area (Å²) in [5.41, 5.74) is 0.464. The average Bonchev–Trinajstić information content (AvgIpc) is 3.16. The predicted octanol–water partition coefficient (Wildman–Crippen LogP) is 1.75. The Morgan fingerprint density at radius 2 is 1.92 bits per heavy atom. The molecule has 13 heteroatoms. The van der Waals surface area contributed by atoms with E-state index in [2.05, 4.69) is 15.3 Å². The molecule has 0 radical (unpaired) electrons. The van der Waals surface area contributed by atoms with E-state index in [0.717, 1.165) is 0 Å². The minimum Gasteiger partial charge on any atom is -0.436 e. The maximum absolute atomic E-state index is 13.6. The van der Waals surface area contributed by atoms with Crippen molar-refractivity contribution in [3.05, 3.63) is 64.9 Å². The molecule has 0 aliphatic carbocycles. The number of nitrogens with one attached hydrogen (secondary N) is 1. The van der Waals surface area contributed by atoms with Crippen molar-refractivity contribution < 1.29 is 23.5 Å². The highest BCUT2D eigenvalue weighted by Gasteiger charge is 2.24. The van der Waals surface area contributed by atoms with Crippen LogP contribution < -0.4 is 10.9 Å². The molecule has 3 rings (SSSR count). The van der Waals surface area contributed by atoms with E-state index in [0.29, 0.717) is 16.9 Å². The number of hydrogen-bond acceptors (Lipinski definition) is 7. The summed E-state index contributed by atoms with van der Waals surface area (Å²) in [6.45, 7) is 0.0199. The number of aromatic nitrogens is 4. The van der Waals surface area contributed by atoms with Crippen LogP contribution in [0.4, 0.5) is 14.9 Å². The molecule has 202 valence electrons. The lowest BCUT2D eigenvalue weighted by Crippen LogP contribution is -2.37. The van der Waals surface area contributed by atoms with Gasteiger partial charge in [0.05, 0.1) is 30.1 Å². The van der Waals surface area contributed by atoms with Crippen LogP contribution in [0.2, 0.25) is 0 Å². The van der Waals surface area contributed by atoms with Crippen LogP contribution in [0, 0.1) is 5.82 Å². The topological polar surface area (TPSA) is 132 Å². The highest BCUT2D eigenvalue weighted by atomic mass is 19.1. The lowest BCUT2D eigenvalue weighted by molar-refractivity contribution is -0.125. The van der Waals surface area contributed by atoms with Crippen LogP contribution in [0.25, 0.3) is 11.0 Å². The average molecular weight is 528 g/mol. The standard InChI is InChI=1S/C25H30FN7O5/c1-30(2)22(34)9-7-6-8-20(38-25(37)31(3)4)23(35)29-18-13-27-15-33(24(18)36)14-21-28-17-12-16(26)10-11-19(17)32(21)5/h7,9-13,15,20H,6,8,14H2,1-5H3,(H,29,35). The van der Waals surface area contributed by atoms with Crippen molar-refractivity contribution in [3.63, 3.8) is 0 Å². The summed E-state index contributed by atoms with van der Waals surface area (Å²) in [5, 5.41) is 2.49. The number of likely N-dealkylation sites (N-methyl/N-ethyl adjacent to an activating group) is 1. The van der Waals surface area contributed by atoms with Crippen molar-refractivity contribution in [2.75, 3.05) is 33.5 Å². The second-order valence-electron chi connectivity index (χ2n) is 8.93. The van der Waals surface area contributed by atoms with E-state index in [9.17, 15) is 23.6 Å².